The van der Waals surface area contributed by atoms with Crippen molar-refractivity contribution < 1.29 is 9.90 Å². The van der Waals surface area contributed by atoms with Crippen molar-refractivity contribution in [3.8, 4) is 11.8 Å². The van der Waals surface area contributed by atoms with Crippen molar-refractivity contribution in [3.63, 3.8) is 0 Å². The van der Waals surface area contributed by atoms with Crippen LogP contribution >= 0.6 is 11.6 Å². The maximum Gasteiger partial charge on any atom is 0.357 e. The summed E-state index contributed by atoms with van der Waals surface area (Å²) in [4.78, 5) is 11.4. The van der Waals surface area contributed by atoms with E-state index in [0.29, 0.717) is 17.0 Å². The third-order valence-electron chi connectivity index (χ3n) is 3.51. The summed E-state index contributed by atoms with van der Waals surface area (Å²) in [5.41, 5.74) is 2.58. The average Bonchev–Trinajstić information content (AvgIpc) is 2.89. The number of hydrogen-bond acceptors (Lipinski definition) is 2. The highest BCUT2D eigenvalue weighted by Gasteiger charge is 2.16. The van der Waals surface area contributed by atoms with Crippen LogP contribution in [0.1, 0.15) is 28.5 Å². The van der Waals surface area contributed by atoms with Gasteiger partial charge in [-0.15, -0.1) is 5.92 Å². The Hall–Kier alpha value is -2.77. The molecule has 0 atom stereocenters. The van der Waals surface area contributed by atoms with Crippen LogP contribution in [0.5, 0.6) is 0 Å². The molecule has 0 aliphatic carbocycles. The van der Waals surface area contributed by atoms with Crippen LogP contribution in [0.4, 0.5) is 0 Å². The van der Waals surface area contributed by atoms with E-state index < -0.39 is 5.97 Å². The average molecular weight is 325 g/mol. The van der Waals surface area contributed by atoms with Gasteiger partial charge in [-0.05, 0) is 30.7 Å². The van der Waals surface area contributed by atoms with E-state index >= 15 is 0 Å². The molecule has 0 unspecified atom stereocenters. The van der Waals surface area contributed by atoms with Crippen LogP contribution in [0.3, 0.4) is 0 Å². The molecule has 1 N–H and O–H groups in total. The minimum Gasteiger partial charge on any atom is -0.476 e. The first kappa shape index (κ1) is 15.1. The molecule has 0 fully saturated rings. The third-order valence-corrected chi connectivity index (χ3v) is 3.75. The first-order chi connectivity index (χ1) is 11.1. The first-order valence-corrected chi connectivity index (χ1v) is 7.38. The predicted molar refractivity (Wildman–Crippen MR) is 89.8 cm³/mol. The second-order valence-corrected chi connectivity index (χ2v) is 5.44. The quantitative estimate of drug-likeness (QED) is 0.745. The van der Waals surface area contributed by atoms with E-state index in [1.807, 2.05) is 18.2 Å². The molecule has 23 heavy (non-hydrogen) atoms. The number of hydrogen-bond donors (Lipinski definition) is 1. The Labute approximate surface area is 138 Å². The van der Waals surface area contributed by atoms with Crippen molar-refractivity contribution in [1.82, 2.24) is 9.78 Å². The standard InChI is InChI=1S/C18H13ClN2O2/c1-2-5-12-10-14(19)9-8-13(12)11-21-16-7-4-3-6-15(16)17(20-21)18(22)23/h3-4,6-10H,11H2,1H3,(H,22,23). The Kier molecular flexibility index (Phi) is 4.05. The fourth-order valence-corrected chi connectivity index (χ4v) is 2.68. The van der Waals surface area contributed by atoms with Crippen LogP contribution in [0, 0.1) is 11.8 Å². The lowest BCUT2D eigenvalue weighted by Crippen LogP contribution is -2.05. The summed E-state index contributed by atoms with van der Waals surface area (Å²) >= 11 is 6.03. The lowest BCUT2D eigenvalue weighted by Gasteiger charge is -2.07. The van der Waals surface area contributed by atoms with Gasteiger partial charge in [0, 0.05) is 16.0 Å². The highest BCUT2D eigenvalue weighted by Crippen LogP contribution is 2.22. The summed E-state index contributed by atoms with van der Waals surface area (Å²) in [6.45, 7) is 2.19. The topological polar surface area (TPSA) is 55.1 Å². The molecule has 5 heteroatoms. The van der Waals surface area contributed by atoms with Crippen LogP contribution in [0.2, 0.25) is 5.02 Å². The number of aromatic nitrogens is 2. The summed E-state index contributed by atoms with van der Waals surface area (Å²) < 4.78 is 1.68. The van der Waals surface area contributed by atoms with Crippen molar-refractivity contribution in [2.45, 2.75) is 13.5 Å². The van der Waals surface area contributed by atoms with Gasteiger partial charge in [0.25, 0.3) is 0 Å². The van der Waals surface area contributed by atoms with Crippen LogP contribution in [0.15, 0.2) is 42.5 Å². The number of para-hydroxylation sites is 1. The summed E-state index contributed by atoms with van der Waals surface area (Å²) in [7, 11) is 0. The molecule has 3 rings (SSSR count). The Balaban J connectivity index is 2.12. The van der Waals surface area contributed by atoms with E-state index in [2.05, 4.69) is 16.9 Å². The lowest BCUT2D eigenvalue weighted by atomic mass is 10.1. The molecule has 0 amide bonds. The van der Waals surface area contributed by atoms with Crippen molar-refractivity contribution in [2.24, 2.45) is 0 Å². The van der Waals surface area contributed by atoms with Crippen LogP contribution in [0.25, 0.3) is 10.9 Å². The molecule has 0 aliphatic rings. The number of fused-ring (bicyclic) bond motifs is 1. The number of benzene rings is 2. The van der Waals surface area contributed by atoms with Crippen LogP contribution in [-0.4, -0.2) is 20.9 Å². The Morgan fingerprint density at radius 2 is 2.09 bits per heavy atom. The molecule has 1 heterocycles. The second kappa shape index (κ2) is 6.15. The van der Waals surface area contributed by atoms with E-state index in [1.165, 1.54) is 0 Å². The van der Waals surface area contributed by atoms with Gasteiger partial charge in [-0.3, -0.25) is 4.68 Å². The smallest absolute Gasteiger partial charge is 0.357 e. The predicted octanol–water partition coefficient (Wildman–Crippen LogP) is 3.81. The van der Waals surface area contributed by atoms with Crippen LogP contribution in [-0.2, 0) is 6.54 Å². The normalized spacial score (nSPS) is 10.3. The SMILES string of the molecule is CC#Cc1cc(Cl)ccc1Cn1nc(C(=O)O)c2ccccc21. The number of aromatic carboxylic acids is 1. The molecule has 1 aromatic heterocycles. The second-order valence-electron chi connectivity index (χ2n) is 5.01. The summed E-state index contributed by atoms with van der Waals surface area (Å²) in [6.07, 6.45) is 0. The molecule has 0 radical (unpaired) electrons. The summed E-state index contributed by atoms with van der Waals surface area (Å²) in [5, 5.41) is 14.8. The van der Waals surface area contributed by atoms with Crippen LogP contribution < -0.4 is 0 Å². The summed E-state index contributed by atoms with van der Waals surface area (Å²) in [5.74, 6) is 4.85. The Morgan fingerprint density at radius 3 is 2.83 bits per heavy atom. The number of carboxylic acids is 1. The summed E-state index contributed by atoms with van der Waals surface area (Å²) in [6, 6.07) is 12.8. The van der Waals surface area contributed by atoms with E-state index in [4.69, 9.17) is 11.6 Å². The molecular weight excluding hydrogens is 312 g/mol. The fourth-order valence-electron chi connectivity index (χ4n) is 2.50. The maximum absolute atomic E-state index is 11.4. The minimum absolute atomic E-state index is 0.0534. The zero-order valence-corrected chi connectivity index (χ0v) is 13.1. The van der Waals surface area contributed by atoms with Crippen molar-refractivity contribution in [1.29, 1.82) is 0 Å². The van der Waals surface area contributed by atoms with Gasteiger partial charge >= 0.3 is 5.97 Å². The number of halogens is 1. The highest BCUT2D eigenvalue weighted by molar-refractivity contribution is 6.30. The highest BCUT2D eigenvalue weighted by atomic mass is 35.5. The lowest BCUT2D eigenvalue weighted by molar-refractivity contribution is 0.0691. The number of rotatable bonds is 3. The van der Waals surface area contributed by atoms with E-state index in [0.717, 1.165) is 16.6 Å². The molecule has 0 saturated carbocycles. The van der Waals surface area contributed by atoms with Gasteiger partial charge in [-0.1, -0.05) is 41.8 Å². The number of carbonyl (C=O) groups is 1. The minimum atomic E-state index is -1.04. The van der Waals surface area contributed by atoms with Gasteiger partial charge in [0.05, 0.1) is 12.1 Å². The molecule has 0 aliphatic heterocycles. The largest absolute Gasteiger partial charge is 0.476 e. The molecule has 0 bridgehead atoms. The molecule has 0 spiro atoms. The van der Waals surface area contributed by atoms with E-state index in [1.54, 1.807) is 35.9 Å². The molecule has 3 aromatic rings. The van der Waals surface area contributed by atoms with E-state index in [9.17, 15) is 9.90 Å². The molecule has 2 aromatic carbocycles. The van der Waals surface area contributed by atoms with Crippen molar-refractivity contribution in [2.75, 3.05) is 0 Å². The van der Waals surface area contributed by atoms with Crippen molar-refractivity contribution >= 4 is 28.5 Å². The third kappa shape index (κ3) is 2.92. The van der Waals surface area contributed by atoms with Gasteiger partial charge in [0.2, 0.25) is 0 Å². The Bertz CT molecular complexity index is 964. The molecule has 114 valence electrons. The zero-order chi connectivity index (χ0) is 16.4. The van der Waals surface area contributed by atoms with Gasteiger partial charge in [0.1, 0.15) is 0 Å². The Morgan fingerprint density at radius 1 is 1.30 bits per heavy atom. The molecule has 4 nitrogen and oxygen atoms in total. The number of nitrogens with zero attached hydrogens (tertiary/aromatic N) is 2. The first-order valence-electron chi connectivity index (χ1n) is 7.00. The van der Waals surface area contributed by atoms with Gasteiger partial charge in [-0.2, -0.15) is 5.10 Å². The molecular formula is C18H13ClN2O2. The van der Waals surface area contributed by atoms with Gasteiger partial charge < -0.3 is 5.11 Å². The van der Waals surface area contributed by atoms with Crippen molar-refractivity contribution in [3.05, 3.63) is 64.3 Å². The fraction of sp³-hybridized carbons (Fsp3) is 0.111. The van der Waals surface area contributed by atoms with E-state index in [-0.39, 0.29) is 5.69 Å². The van der Waals surface area contributed by atoms with Gasteiger partial charge in [0.15, 0.2) is 5.69 Å². The number of carboxylic acid groups (broad SMARTS) is 1. The zero-order valence-electron chi connectivity index (χ0n) is 12.4. The monoisotopic (exact) mass is 324 g/mol. The van der Waals surface area contributed by atoms with Gasteiger partial charge in [-0.25, -0.2) is 4.79 Å². The maximum atomic E-state index is 11.4. The molecule has 0 saturated heterocycles.